The minimum absolute atomic E-state index is 0.808. The summed E-state index contributed by atoms with van der Waals surface area (Å²) in [5, 5.41) is 2.76. The van der Waals surface area contributed by atoms with E-state index in [2.05, 4.69) is 77.7 Å². The van der Waals surface area contributed by atoms with Crippen LogP contribution in [0.3, 0.4) is 0 Å². The summed E-state index contributed by atoms with van der Waals surface area (Å²) in [4.78, 5) is 2.25. The number of ether oxygens (including phenoxy) is 2. The standard InChI is InChI=1S/C18H15N.C6H8O2S/c1-4-10-16(11-5-1)19(17-12-6-2-7-13-17)18-14-8-3-9-15-18;1-7-5-3-4-9-6(5)8-2/h1-15H;3-4H,1-2H3. The summed E-state index contributed by atoms with van der Waals surface area (Å²) in [7, 11) is 3.26. The van der Waals surface area contributed by atoms with Gasteiger partial charge in [-0.15, -0.1) is 11.3 Å². The molecule has 0 spiro atoms. The maximum atomic E-state index is 4.97. The molecular formula is C24H23NO2S. The van der Waals surface area contributed by atoms with Gasteiger partial charge in [0.25, 0.3) is 0 Å². The molecule has 0 aliphatic rings. The number of benzene rings is 3. The summed E-state index contributed by atoms with van der Waals surface area (Å²) in [6, 6.07) is 33.1. The number of thiophene rings is 1. The molecule has 0 atom stereocenters. The number of methoxy groups -OCH3 is 2. The van der Waals surface area contributed by atoms with Crippen molar-refractivity contribution in [2.75, 3.05) is 19.1 Å². The first-order valence-corrected chi connectivity index (χ1v) is 9.82. The number of hydrogen-bond donors (Lipinski definition) is 0. The van der Waals surface area contributed by atoms with Crippen LogP contribution in [0.2, 0.25) is 0 Å². The van der Waals surface area contributed by atoms with E-state index in [0.717, 1.165) is 10.8 Å². The third-order valence-electron chi connectivity index (χ3n) is 4.04. The maximum Gasteiger partial charge on any atom is 0.216 e. The molecule has 0 radical (unpaired) electrons. The van der Waals surface area contributed by atoms with Crippen LogP contribution in [0.1, 0.15) is 0 Å². The van der Waals surface area contributed by atoms with Crippen molar-refractivity contribution < 1.29 is 9.47 Å². The predicted octanol–water partition coefficient (Wildman–Crippen LogP) is 6.92. The molecule has 0 N–H and O–H groups in total. The van der Waals surface area contributed by atoms with Crippen molar-refractivity contribution in [3.8, 4) is 10.8 Å². The van der Waals surface area contributed by atoms with E-state index in [9.17, 15) is 0 Å². The van der Waals surface area contributed by atoms with E-state index < -0.39 is 0 Å². The fourth-order valence-corrected chi connectivity index (χ4v) is 3.44. The normalized spacial score (nSPS) is 9.79. The summed E-state index contributed by atoms with van der Waals surface area (Å²) < 4.78 is 9.93. The van der Waals surface area contributed by atoms with Crippen molar-refractivity contribution >= 4 is 28.4 Å². The van der Waals surface area contributed by atoms with Gasteiger partial charge in [0.1, 0.15) is 0 Å². The van der Waals surface area contributed by atoms with Gasteiger partial charge in [-0.3, -0.25) is 0 Å². The number of para-hydroxylation sites is 3. The monoisotopic (exact) mass is 389 g/mol. The molecule has 1 heterocycles. The third kappa shape index (κ3) is 4.93. The second-order valence-electron chi connectivity index (χ2n) is 5.82. The molecule has 142 valence electrons. The van der Waals surface area contributed by atoms with Crippen LogP contribution in [0.25, 0.3) is 0 Å². The molecule has 0 bridgehead atoms. The fraction of sp³-hybridized carbons (Fsp3) is 0.0833. The molecule has 1 aromatic heterocycles. The van der Waals surface area contributed by atoms with E-state index in [1.807, 2.05) is 29.6 Å². The summed E-state index contributed by atoms with van der Waals surface area (Å²) in [5.41, 5.74) is 3.50. The number of hydrogen-bond acceptors (Lipinski definition) is 4. The van der Waals surface area contributed by atoms with Crippen LogP contribution in [-0.4, -0.2) is 14.2 Å². The Balaban J connectivity index is 0.000000211. The van der Waals surface area contributed by atoms with Gasteiger partial charge in [0.05, 0.1) is 14.2 Å². The van der Waals surface area contributed by atoms with Crippen LogP contribution in [-0.2, 0) is 0 Å². The van der Waals surface area contributed by atoms with Gasteiger partial charge in [-0.25, -0.2) is 0 Å². The Hall–Kier alpha value is -3.24. The van der Waals surface area contributed by atoms with Crippen LogP contribution in [0.15, 0.2) is 102 Å². The lowest BCUT2D eigenvalue weighted by Gasteiger charge is -2.25. The lowest BCUT2D eigenvalue weighted by atomic mass is 10.2. The van der Waals surface area contributed by atoms with Gasteiger partial charge in [0.2, 0.25) is 5.06 Å². The van der Waals surface area contributed by atoms with Gasteiger partial charge in [-0.2, -0.15) is 0 Å². The molecular weight excluding hydrogens is 366 g/mol. The summed E-state index contributed by atoms with van der Waals surface area (Å²) in [6.07, 6.45) is 0. The first kappa shape index (κ1) is 19.5. The smallest absolute Gasteiger partial charge is 0.216 e. The van der Waals surface area contributed by atoms with E-state index in [0.29, 0.717) is 0 Å². The zero-order valence-electron chi connectivity index (χ0n) is 16.0. The highest BCUT2D eigenvalue weighted by atomic mass is 32.1. The van der Waals surface area contributed by atoms with Crippen molar-refractivity contribution in [3.05, 3.63) is 102 Å². The number of nitrogens with zero attached hydrogens (tertiary/aromatic N) is 1. The van der Waals surface area contributed by atoms with Gasteiger partial charge in [0, 0.05) is 17.1 Å². The predicted molar refractivity (Wildman–Crippen MR) is 119 cm³/mol. The second-order valence-corrected chi connectivity index (χ2v) is 6.70. The fourth-order valence-electron chi connectivity index (χ4n) is 2.76. The third-order valence-corrected chi connectivity index (χ3v) is 4.90. The Morgan fingerprint density at radius 1 is 0.571 bits per heavy atom. The molecule has 0 unspecified atom stereocenters. The SMILES string of the molecule is COc1ccsc1OC.c1ccc(N(c2ccccc2)c2ccccc2)cc1. The summed E-state index contributed by atoms with van der Waals surface area (Å²) >= 11 is 1.53. The van der Waals surface area contributed by atoms with Crippen molar-refractivity contribution in [1.29, 1.82) is 0 Å². The van der Waals surface area contributed by atoms with Gasteiger partial charge in [-0.1, -0.05) is 54.6 Å². The Morgan fingerprint density at radius 3 is 1.32 bits per heavy atom. The van der Waals surface area contributed by atoms with E-state index >= 15 is 0 Å². The molecule has 4 rings (SSSR count). The molecule has 4 heteroatoms. The highest BCUT2D eigenvalue weighted by Gasteiger charge is 2.10. The van der Waals surface area contributed by atoms with E-state index in [1.165, 1.54) is 28.4 Å². The largest absolute Gasteiger partial charge is 0.492 e. The Labute approximate surface area is 170 Å². The van der Waals surface area contributed by atoms with E-state index in [4.69, 9.17) is 9.47 Å². The molecule has 4 aromatic rings. The molecule has 0 aliphatic heterocycles. The zero-order valence-corrected chi connectivity index (χ0v) is 16.8. The topological polar surface area (TPSA) is 21.7 Å². The average Bonchev–Trinajstić information content (AvgIpc) is 3.25. The van der Waals surface area contributed by atoms with Crippen LogP contribution >= 0.6 is 11.3 Å². The minimum atomic E-state index is 0.808. The first-order valence-electron chi connectivity index (χ1n) is 8.94. The second kappa shape index (κ2) is 10.2. The lowest BCUT2D eigenvalue weighted by Crippen LogP contribution is -2.09. The van der Waals surface area contributed by atoms with Gasteiger partial charge in [-0.05, 0) is 47.8 Å². The van der Waals surface area contributed by atoms with Gasteiger partial charge in [0.15, 0.2) is 5.75 Å². The van der Waals surface area contributed by atoms with Crippen molar-refractivity contribution in [3.63, 3.8) is 0 Å². The number of anilines is 3. The molecule has 3 aromatic carbocycles. The molecule has 0 aliphatic carbocycles. The van der Waals surface area contributed by atoms with Gasteiger partial charge >= 0.3 is 0 Å². The number of rotatable bonds is 5. The minimum Gasteiger partial charge on any atom is -0.492 e. The molecule has 0 amide bonds. The molecule has 28 heavy (non-hydrogen) atoms. The molecule has 3 nitrogen and oxygen atoms in total. The molecule has 0 saturated heterocycles. The van der Waals surface area contributed by atoms with Crippen LogP contribution in [0.5, 0.6) is 10.8 Å². The Kier molecular flexibility index (Phi) is 7.10. The van der Waals surface area contributed by atoms with Crippen molar-refractivity contribution in [2.45, 2.75) is 0 Å². The summed E-state index contributed by atoms with van der Waals surface area (Å²) in [6.45, 7) is 0. The zero-order chi connectivity index (χ0) is 19.6. The lowest BCUT2D eigenvalue weighted by molar-refractivity contribution is 0.364. The molecule has 0 saturated carbocycles. The van der Waals surface area contributed by atoms with E-state index in [-0.39, 0.29) is 0 Å². The average molecular weight is 390 g/mol. The Bertz CT molecular complexity index is 828. The van der Waals surface area contributed by atoms with Crippen molar-refractivity contribution in [2.24, 2.45) is 0 Å². The quantitative estimate of drug-likeness (QED) is 0.370. The first-order chi connectivity index (χ1) is 13.8. The molecule has 0 fully saturated rings. The summed E-state index contributed by atoms with van der Waals surface area (Å²) in [5.74, 6) is 0.808. The van der Waals surface area contributed by atoms with Crippen LogP contribution < -0.4 is 14.4 Å². The van der Waals surface area contributed by atoms with Crippen molar-refractivity contribution in [1.82, 2.24) is 0 Å². The van der Waals surface area contributed by atoms with Gasteiger partial charge < -0.3 is 14.4 Å². The highest BCUT2D eigenvalue weighted by Crippen LogP contribution is 2.33. The van der Waals surface area contributed by atoms with Crippen LogP contribution in [0.4, 0.5) is 17.1 Å². The Morgan fingerprint density at radius 2 is 1.00 bits per heavy atom. The van der Waals surface area contributed by atoms with E-state index in [1.54, 1.807) is 14.2 Å². The van der Waals surface area contributed by atoms with Crippen LogP contribution in [0, 0.1) is 0 Å². The maximum absolute atomic E-state index is 4.97. The highest BCUT2D eigenvalue weighted by molar-refractivity contribution is 7.12.